The van der Waals surface area contributed by atoms with Gasteiger partial charge in [0.25, 0.3) is 0 Å². The van der Waals surface area contributed by atoms with Crippen LogP contribution in [-0.2, 0) is 6.18 Å². The minimum atomic E-state index is -4.63. The summed E-state index contributed by atoms with van der Waals surface area (Å²) in [4.78, 5) is 28.1. The molecule has 1 saturated heterocycles. The molecule has 51 heavy (non-hydrogen) atoms. The Kier molecular flexibility index (Phi) is 11.9. The summed E-state index contributed by atoms with van der Waals surface area (Å²) in [6.07, 6.45) is -4.75. The predicted molar refractivity (Wildman–Crippen MR) is 193 cm³/mol. The third-order valence-electron chi connectivity index (χ3n) is 9.03. The average Bonchev–Trinajstić information content (AvgIpc) is 3.09. The Morgan fingerprint density at radius 2 is 1.71 bits per heavy atom. The van der Waals surface area contributed by atoms with Gasteiger partial charge in [-0.1, -0.05) is 23.7 Å². The smallest absolute Gasteiger partial charge is 0.420 e. The number of ether oxygens (including phenoxy) is 3. The number of carbonyl (C=O) groups is 1. The molecule has 2 heterocycles. The monoisotopic (exact) mass is 726 g/mol. The highest BCUT2D eigenvalue weighted by atomic mass is 35.5. The number of hydrogen-bond acceptors (Lipinski definition) is 9. The zero-order valence-electron chi connectivity index (χ0n) is 29.5. The Labute approximate surface area is 301 Å². The van der Waals surface area contributed by atoms with Gasteiger partial charge in [0.2, 0.25) is 11.8 Å². The van der Waals surface area contributed by atoms with Crippen molar-refractivity contribution in [1.29, 1.82) is 0 Å². The number of methoxy groups -OCH3 is 1. The summed E-state index contributed by atoms with van der Waals surface area (Å²) < 4.78 is 57.6. The summed E-state index contributed by atoms with van der Waals surface area (Å²) in [6, 6.07) is 13.4. The van der Waals surface area contributed by atoms with Crippen LogP contribution in [-0.4, -0.2) is 86.4 Å². The van der Waals surface area contributed by atoms with E-state index >= 15 is 0 Å². The van der Waals surface area contributed by atoms with Crippen molar-refractivity contribution in [1.82, 2.24) is 19.8 Å². The lowest BCUT2D eigenvalue weighted by molar-refractivity contribution is -0.137. The SMILES string of the molecule is COc1cc(Nc2nc(OC(=O)N(C)c3cc(C(F)(F)F)ccc3Cl)cc(-c3ccc(C)c(C)c3C)n2)ccc1OCCCN1CCN(C)CC1. The van der Waals surface area contributed by atoms with Crippen molar-refractivity contribution < 1.29 is 32.2 Å². The molecular formula is C37H42ClF3N6O4. The number of rotatable bonds is 11. The molecule has 0 unspecified atom stereocenters. The summed E-state index contributed by atoms with van der Waals surface area (Å²) >= 11 is 6.19. The summed E-state index contributed by atoms with van der Waals surface area (Å²) in [5.74, 6) is 1.07. The van der Waals surface area contributed by atoms with Crippen molar-refractivity contribution >= 4 is 35.0 Å². The quantitative estimate of drug-likeness (QED) is 0.154. The van der Waals surface area contributed by atoms with Gasteiger partial charge in [0.1, 0.15) is 0 Å². The second-order valence-electron chi connectivity index (χ2n) is 12.5. The number of carbonyl (C=O) groups excluding carboxylic acids is 1. The van der Waals surface area contributed by atoms with Crippen LogP contribution >= 0.6 is 11.6 Å². The molecule has 0 atom stereocenters. The molecule has 5 rings (SSSR count). The lowest BCUT2D eigenvalue weighted by atomic mass is 9.97. The molecule has 1 fully saturated rings. The lowest BCUT2D eigenvalue weighted by Gasteiger charge is -2.32. The van der Waals surface area contributed by atoms with Crippen LogP contribution in [0.5, 0.6) is 17.4 Å². The van der Waals surface area contributed by atoms with Crippen LogP contribution in [0, 0.1) is 20.8 Å². The predicted octanol–water partition coefficient (Wildman–Crippen LogP) is 8.14. The van der Waals surface area contributed by atoms with E-state index in [1.54, 1.807) is 25.3 Å². The topological polar surface area (TPSA) is 92.3 Å². The minimum Gasteiger partial charge on any atom is -0.493 e. The Morgan fingerprint density at radius 3 is 2.41 bits per heavy atom. The van der Waals surface area contributed by atoms with Crippen molar-refractivity contribution in [2.75, 3.05) is 70.8 Å². The molecule has 0 spiro atoms. The highest BCUT2D eigenvalue weighted by molar-refractivity contribution is 6.33. The van der Waals surface area contributed by atoms with E-state index in [0.29, 0.717) is 29.5 Å². The number of benzene rings is 3. The number of nitrogens with one attached hydrogen (secondary N) is 1. The van der Waals surface area contributed by atoms with Gasteiger partial charge < -0.3 is 29.3 Å². The number of amides is 1. The third-order valence-corrected chi connectivity index (χ3v) is 9.35. The van der Waals surface area contributed by atoms with Crippen LogP contribution in [0.1, 0.15) is 28.7 Å². The molecule has 1 aromatic heterocycles. The number of nitrogens with zero attached hydrogens (tertiary/aromatic N) is 5. The molecule has 0 saturated carbocycles. The van der Waals surface area contributed by atoms with Gasteiger partial charge in [0, 0.05) is 63.2 Å². The van der Waals surface area contributed by atoms with Crippen molar-refractivity contribution in [3.63, 3.8) is 0 Å². The fourth-order valence-corrected chi connectivity index (χ4v) is 5.89. The number of piperazine rings is 1. The highest BCUT2D eigenvalue weighted by Crippen LogP contribution is 2.36. The molecule has 1 amide bonds. The van der Waals surface area contributed by atoms with E-state index in [1.165, 1.54) is 13.1 Å². The van der Waals surface area contributed by atoms with Gasteiger partial charge in [-0.2, -0.15) is 18.2 Å². The van der Waals surface area contributed by atoms with Gasteiger partial charge in [0.05, 0.1) is 35.7 Å². The summed E-state index contributed by atoms with van der Waals surface area (Å²) in [7, 11) is 4.96. The van der Waals surface area contributed by atoms with Crippen LogP contribution in [0.4, 0.5) is 35.3 Å². The molecule has 4 aromatic rings. The van der Waals surface area contributed by atoms with E-state index in [1.807, 2.05) is 32.9 Å². The lowest BCUT2D eigenvalue weighted by Crippen LogP contribution is -2.44. The molecule has 1 aliphatic rings. The second kappa shape index (κ2) is 16.2. The molecular weight excluding hydrogens is 685 g/mol. The number of aromatic nitrogens is 2. The maximum Gasteiger partial charge on any atom is 0.420 e. The van der Waals surface area contributed by atoms with Gasteiger partial charge in [-0.3, -0.25) is 4.90 Å². The van der Waals surface area contributed by atoms with Crippen LogP contribution in [0.25, 0.3) is 11.3 Å². The van der Waals surface area contributed by atoms with E-state index in [0.717, 1.165) is 84.5 Å². The number of anilines is 3. The second-order valence-corrected chi connectivity index (χ2v) is 12.9. The normalized spacial score (nSPS) is 13.9. The Morgan fingerprint density at radius 1 is 0.961 bits per heavy atom. The molecule has 0 aliphatic carbocycles. The minimum absolute atomic E-state index is 0.0599. The van der Waals surface area contributed by atoms with Crippen molar-refractivity contribution in [3.8, 4) is 28.6 Å². The fourth-order valence-electron chi connectivity index (χ4n) is 5.64. The maximum atomic E-state index is 13.4. The van der Waals surface area contributed by atoms with Crippen molar-refractivity contribution in [2.24, 2.45) is 0 Å². The van der Waals surface area contributed by atoms with Gasteiger partial charge >= 0.3 is 12.3 Å². The first-order valence-electron chi connectivity index (χ1n) is 16.5. The molecule has 14 heteroatoms. The maximum absolute atomic E-state index is 13.4. The summed E-state index contributed by atoms with van der Waals surface area (Å²) in [5, 5.41) is 3.10. The van der Waals surface area contributed by atoms with Gasteiger partial charge in [-0.25, -0.2) is 9.78 Å². The zero-order chi connectivity index (χ0) is 36.9. The Hall–Kier alpha value is -4.59. The van der Waals surface area contributed by atoms with E-state index in [2.05, 4.69) is 27.1 Å². The van der Waals surface area contributed by atoms with Gasteiger partial charge in [-0.15, -0.1) is 0 Å². The van der Waals surface area contributed by atoms with Crippen molar-refractivity contribution in [3.05, 3.63) is 81.9 Å². The molecule has 0 bridgehead atoms. The van der Waals surface area contributed by atoms with E-state index in [4.69, 9.17) is 30.8 Å². The summed E-state index contributed by atoms with van der Waals surface area (Å²) in [6.45, 7) is 11.7. The Bertz CT molecular complexity index is 1870. The number of likely N-dealkylation sites (N-methyl/N-ethyl adjacent to an activating group) is 1. The van der Waals surface area contributed by atoms with Crippen LogP contribution in [0.3, 0.4) is 0 Å². The standard InChI is InChI=1S/C37H42ClF3N6O4/c1-23-8-11-28(25(3)24(23)2)30-22-34(51-36(48)46(5)31-20-26(37(39,40)41)9-12-29(31)38)44-35(43-30)42-27-10-13-32(33(21-27)49-6)50-19-7-14-47-17-15-45(4)16-18-47/h8-13,20-22H,7,14-19H2,1-6H3,(H,42,43,44). The first-order chi connectivity index (χ1) is 24.2. The Balaban J connectivity index is 1.37. The van der Waals surface area contributed by atoms with Gasteiger partial charge in [0.15, 0.2) is 11.5 Å². The summed E-state index contributed by atoms with van der Waals surface area (Å²) in [5.41, 5.74) is 3.83. The largest absolute Gasteiger partial charge is 0.493 e. The van der Waals surface area contributed by atoms with Crippen LogP contribution in [0.2, 0.25) is 5.02 Å². The van der Waals surface area contributed by atoms with Crippen LogP contribution < -0.4 is 24.4 Å². The van der Waals surface area contributed by atoms with E-state index in [9.17, 15) is 18.0 Å². The molecule has 0 radical (unpaired) electrons. The molecule has 10 nitrogen and oxygen atoms in total. The number of alkyl halides is 3. The number of aryl methyl sites for hydroxylation is 1. The molecule has 272 valence electrons. The molecule has 1 aliphatic heterocycles. The van der Waals surface area contributed by atoms with Crippen molar-refractivity contribution in [2.45, 2.75) is 33.4 Å². The number of hydrogen-bond donors (Lipinski definition) is 1. The van der Waals surface area contributed by atoms with E-state index < -0.39 is 17.8 Å². The van der Waals surface area contributed by atoms with E-state index in [-0.39, 0.29) is 22.5 Å². The highest BCUT2D eigenvalue weighted by Gasteiger charge is 2.32. The fraction of sp³-hybridized carbons (Fsp3) is 0.378. The first-order valence-corrected chi connectivity index (χ1v) is 16.9. The third kappa shape index (κ3) is 9.40. The first kappa shape index (κ1) is 37.7. The molecule has 3 aromatic carbocycles. The van der Waals surface area contributed by atoms with Crippen LogP contribution in [0.15, 0.2) is 54.6 Å². The molecule has 1 N–H and O–H groups in total. The zero-order valence-corrected chi connectivity index (χ0v) is 30.3. The van der Waals surface area contributed by atoms with Gasteiger partial charge in [-0.05, 0) is 81.3 Å². The average molecular weight is 727 g/mol. The number of halogens is 4.